The number of aromatic nitrogens is 1. The molecule has 1 heterocycles. The molecule has 1 atom stereocenters. The van der Waals surface area contributed by atoms with Gasteiger partial charge in [-0.25, -0.2) is 4.98 Å². The standard InChI is InChI=1S/C15H27N3S/c1-4-16-12(2)14-11-19-15(17-14)18(3)10-13-8-6-5-7-9-13/h11-13,16H,4-10H2,1-3H3. The van der Waals surface area contributed by atoms with Crippen molar-refractivity contribution in [3.8, 4) is 0 Å². The Morgan fingerprint density at radius 2 is 2.16 bits per heavy atom. The smallest absolute Gasteiger partial charge is 0.185 e. The highest BCUT2D eigenvalue weighted by Crippen LogP contribution is 2.28. The first-order valence-corrected chi connectivity index (χ1v) is 8.48. The Bertz CT molecular complexity index is 371. The van der Waals surface area contributed by atoms with Gasteiger partial charge < -0.3 is 10.2 Å². The van der Waals surface area contributed by atoms with Crippen molar-refractivity contribution in [3.63, 3.8) is 0 Å². The largest absolute Gasteiger partial charge is 0.351 e. The van der Waals surface area contributed by atoms with Crippen molar-refractivity contribution in [1.82, 2.24) is 10.3 Å². The average Bonchev–Trinajstić information content (AvgIpc) is 2.90. The molecule has 0 saturated heterocycles. The van der Waals surface area contributed by atoms with E-state index in [0.29, 0.717) is 6.04 Å². The van der Waals surface area contributed by atoms with Crippen molar-refractivity contribution in [2.24, 2.45) is 5.92 Å². The molecule has 0 aromatic carbocycles. The van der Waals surface area contributed by atoms with Crippen LogP contribution < -0.4 is 10.2 Å². The van der Waals surface area contributed by atoms with Gasteiger partial charge in [0.15, 0.2) is 5.13 Å². The maximum atomic E-state index is 4.78. The summed E-state index contributed by atoms with van der Waals surface area (Å²) >= 11 is 1.78. The second-order valence-electron chi connectivity index (χ2n) is 5.72. The maximum Gasteiger partial charge on any atom is 0.185 e. The Kier molecular flexibility index (Phi) is 5.64. The molecule has 0 aliphatic heterocycles. The van der Waals surface area contributed by atoms with E-state index in [9.17, 15) is 0 Å². The van der Waals surface area contributed by atoms with Crippen LogP contribution in [0.15, 0.2) is 5.38 Å². The number of hydrogen-bond donors (Lipinski definition) is 1. The van der Waals surface area contributed by atoms with Crippen LogP contribution in [0.2, 0.25) is 0 Å². The highest BCUT2D eigenvalue weighted by atomic mass is 32.1. The van der Waals surface area contributed by atoms with Gasteiger partial charge in [0.2, 0.25) is 0 Å². The molecule has 4 heteroatoms. The summed E-state index contributed by atoms with van der Waals surface area (Å²) in [4.78, 5) is 7.13. The molecule has 0 radical (unpaired) electrons. The molecule has 3 nitrogen and oxygen atoms in total. The van der Waals surface area contributed by atoms with Crippen LogP contribution in [0.3, 0.4) is 0 Å². The molecule has 1 unspecified atom stereocenters. The number of nitrogens with zero attached hydrogens (tertiary/aromatic N) is 2. The highest BCUT2D eigenvalue weighted by molar-refractivity contribution is 7.13. The van der Waals surface area contributed by atoms with Crippen molar-refractivity contribution >= 4 is 16.5 Å². The van der Waals surface area contributed by atoms with Crippen LogP contribution in [0.25, 0.3) is 0 Å². The van der Waals surface area contributed by atoms with Crippen molar-refractivity contribution in [2.45, 2.75) is 52.0 Å². The van der Waals surface area contributed by atoms with Crippen LogP contribution in [0.5, 0.6) is 0 Å². The monoisotopic (exact) mass is 281 g/mol. The average molecular weight is 281 g/mol. The Balaban J connectivity index is 1.89. The summed E-state index contributed by atoms with van der Waals surface area (Å²) < 4.78 is 0. The molecule has 1 aromatic rings. The summed E-state index contributed by atoms with van der Waals surface area (Å²) in [5, 5.41) is 6.79. The predicted molar refractivity (Wildman–Crippen MR) is 84.1 cm³/mol. The number of nitrogens with one attached hydrogen (secondary N) is 1. The predicted octanol–water partition coefficient (Wildman–Crippen LogP) is 3.83. The van der Waals surface area contributed by atoms with Crippen molar-refractivity contribution in [1.29, 1.82) is 0 Å². The lowest BCUT2D eigenvalue weighted by molar-refractivity contribution is 0.362. The molecule has 108 valence electrons. The lowest BCUT2D eigenvalue weighted by Gasteiger charge is -2.26. The molecule has 2 rings (SSSR count). The summed E-state index contributed by atoms with van der Waals surface area (Å²) in [5.74, 6) is 0.872. The third-order valence-corrected chi connectivity index (χ3v) is 5.02. The maximum absolute atomic E-state index is 4.78. The molecule has 0 amide bonds. The van der Waals surface area contributed by atoms with Gasteiger partial charge in [0.05, 0.1) is 5.69 Å². The van der Waals surface area contributed by atoms with E-state index in [1.165, 1.54) is 49.5 Å². The molecule has 1 saturated carbocycles. The number of anilines is 1. The molecule has 1 aromatic heterocycles. The van der Waals surface area contributed by atoms with Gasteiger partial charge >= 0.3 is 0 Å². The summed E-state index contributed by atoms with van der Waals surface area (Å²) in [6.45, 7) is 6.48. The SMILES string of the molecule is CCNC(C)c1csc(N(C)CC2CCCCC2)n1. The summed E-state index contributed by atoms with van der Waals surface area (Å²) in [5.41, 5.74) is 1.18. The zero-order valence-electron chi connectivity index (χ0n) is 12.5. The van der Waals surface area contributed by atoms with Gasteiger partial charge in [-0.15, -0.1) is 11.3 Å². The van der Waals surface area contributed by atoms with E-state index in [0.717, 1.165) is 12.5 Å². The topological polar surface area (TPSA) is 28.2 Å². The molecule has 1 N–H and O–H groups in total. The van der Waals surface area contributed by atoms with E-state index in [1.807, 2.05) is 0 Å². The minimum atomic E-state index is 0.359. The van der Waals surface area contributed by atoms with Crippen molar-refractivity contribution in [2.75, 3.05) is 25.0 Å². The molecule has 19 heavy (non-hydrogen) atoms. The Morgan fingerprint density at radius 1 is 1.42 bits per heavy atom. The van der Waals surface area contributed by atoms with Gasteiger partial charge in [-0.1, -0.05) is 26.2 Å². The first-order chi connectivity index (χ1) is 9.20. The van der Waals surface area contributed by atoms with Gasteiger partial charge in [0, 0.05) is 25.0 Å². The second-order valence-corrected chi connectivity index (χ2v) is 6.56. The Hall–Kier alpha value is -0.610. The second kappa shape index (κ2) is 7.25. The highest BCUT2D eigenvalue weighted by Gasteiger charge is 2.17. The third kappa shape index (κ3) is 4.18. The van der Waals surface area contributed by atoms with Gasteiger partial charge in [0.1, 0.15) is 0 Å². The Morgan fingerprint density at radius 3 is 2.84 bits per heavy atom. The fourth-order valence-electron chi connectivity index (χ4n) is 2.90. The van der Waals surface area contributed by atoms with Crippen LogP contribution in [0, 0.1) is 5.92 Å². The van der Waals surface area contributed by atoms with Crippen LogP contribution in [0.4, 0.5) is 5.13 Å². The molecule has 1 aliphatic carbocycles. The zero-order valence-corrected chi connectivity index (χ0v) is 13.3. The minimum Gasteiger partial charge on any atom is -0.351 e. The van der Waals surface area contributed by atoms with E-state index in [1.54, 1.807) is 11.3 Å². The van der Waals surface area contributed by atoms with E-state index in [-0.39, 0.29) is 0 Å². The normalized spacial score (nSPS) is 18.5. The number of hydrogen-bond acceptors (Lipinski definition) is 4. The number of thiazole rings is 1. The first kappa shape index (κ1) is 14.8. The molecular formula is C15H27N3S. The fraction of sp³-hybridized carbons (Fsp3) is 0.800. The van der Waals surface area contributed by atoms with Gasteiger partial charge in [-0.3, -0.25) is 0 Å². The quantitative estimate of drug-likeness (QED) is 0.859. The zero-order chi connectivity index (χ0) is 13.7. The summed E-state index contributed by atoms with van der Waals surface area (Å²) in [6.07, 6.45) is 7.06. The van der Waals surface area contributed by atoms with Gasteiger partial charge in [-0.2, -0.15) is 0 Å². The molecule has 1 fully saturated rings. The Labute approximate surface area is 121 Å². The summed E-state index contributed by atoms with van der Waals surface area (Å²) in [6, 6.07) is 0.359. The van der Waals surface area contributed by atoms with E-state index >= 15 is 0 Å². The van der Waals surface area contributed by atoms with Crippen LogP contribution in [-0.4, -0.2) is 25.1 Å². The fourth-order valence-corrected chi connectivity index (χ4v) is 3.79. The minimum absolute atomic E-state index is 0.359. The van der Waals surface area contributed by atoms with Crippen molar-refractivity contribution in [3.05, 3.63) is 11.1 Å². The molecule has 1 aliphatic rings. The van der Waals surface area contributed by atoms with Crippen LogP contribution in [-0.2, 0) is 0 Å². The number of rotatable bonds is 6. The van der Waals surface area contributed by atoms with Crippen LogP contribution >= 0.6 is 11.3 Å². The van der Waals surface area contributed by atoms with E-state index in [4.69, 9.17) is 4.98 Å². The van der Waals surface area contributed by atoms with E-state index < -0.39 is 0 Å². The summed E-state index contributed by atoms with van der Waals surface area (Å²) in [7, 11) is 2.19. The van der Waals surface area contributed by atoms with Crippen molar-refractivity contribution < 1.29 is 0 Å². The lowest BCUT2D eigenvalue weighted by Crippen LogP contribution is -2.26. The van der Waals surface area contributed by atoms with Crippen LogP contribution in [0.1, 0.15) is 57.7 Å². The molecule has 0 spiro atoms. The third-order valence-electron chi connectivity index (χ3n) is 4.05. The van der Waals surface area contributed by atoms with Gasteiger partial charge in [0.25, 0.3) is 0 Å². The molecule has 0 bridgehead atoms. The first-order valence-electron chi connectivity index (χ1n) is 7.60. The van der Waals surface area contributed by atoms with E-state index in [2.05, 4.69) is 36.5 Å². The molecular weight excluding hydrogens is 254 g/mol. The lowest BCUT2D eigenvalue weighted by atomic mass is 9.89. The van der Waals surface area contributed by atoms with Gasteiger partial charge in [-0.05, 0) is 32.2 Å².